The minimum absolute atomic E-state index is 0. The van der Waals surface area contributed by atoms with E-state index in [1.807, 2.05) is 25.4 Å². The molecule has 17 heteroatoms. The van der Waals surface area contributed by atoms with E-state index in [1.54, 1.807) is 26.0 Å². The molecule has 0 bridgehead atoms. The van der Waals surface area contributed by atoms with E-state index in [4.69, 9.17) is 4.74 Å². The van der Waals surface area contributed by atoms with Gasteiger partial charge in [-0.15, -0.1) is 0 Å². The van der Waals surface area contributed by atoms with Crippen LogP contribution in [0.25, 0.3) is 10.9 Å². The molecule has 1 fully saturated rings. The summed E-state index contributed by atoms with van der Waals surface area (Å²) in [5.41, 5.74) is 2.15. The van der Waals surface area contributed by atoms with Gasteiger partial charge in [0.1, 0.15) is 5.69 Å². The van der Waals surface area contributed by atoms with E-state index in [9.17, 15) is 25.0 Å². The Balaban J connectivity index is -0.000000279. The fourth-order valence-electron chi connectivity index (χ4n) is 3.59. The van der Waals surface area contributed by atoms with Gasteiger partial charge in [0.15, 0.2) is 0 Å². The van der Waals surface area contributed by atoms with Gasteiger partial charge < -0.3 is 19.7 Å². The number of hydrazone groups is 1. The van der Waals surface area contributed by atoms with Gasteiger partial charge in [-0.25, -0.2) is 0 Å². The van der Waals surface area contributed by atoms with Gasteiger partial charge >= 0.3 is 11.2 Å². The molecule has 0 saturated carbocycles. The highest BCUT2D eigenvalue weighted by atomic mass is 79.9. The van der Waals surface area contributed by atoms with Gasteiger partial charge in [0.25, 0.3) is 5.69 Å². The molecule has 1 aliphatic heterocycles. The Morgan fingerprint density at radius 1 is 0.857 bits per heavy atom. The highest BCUT2D eigenvalue weighted by Crippen LogP contribution is 2.27. The molecular weight excluding hydrogens is 832 g/mol. The monoisotopic (exact) mass is 880 g/mol. The predicted molar refractivity (Wildman–Crippen MR) is 213 cm³/mol. The molecule has 2 N–H and O–H groups in total. The van der Waals surface area contributed by atoms with Gasteiger partial charge in [-0.05, 0) is 87.5 Å². The first kappa shape index (κ1) is 52.3. The third-order valence-corrected chi connectivity index (χ3v) is 7.92. The van der Waals surface area contributed by atoms with Gasteiger partial charge in [-0.3, -0.25) is 35.0 Å². The van der Waals surface area contributed by atoms with Crippen molar-refractivity contribution >= 4 is 76.3 Å². The molecule has 0 spiro atoms. The summed E-state index contributed by atoms with van der Waals surface area (Å²) < 4.78 is 7.06. The normalized spacial score (nSPS) is 10.8. The first-order valence-electron chi connectivity index (χ1n) is 12.9. The molecule has 14 nitrogen and oxygen atoms in total. The van der Waals surface area contributed by atoms with Crippen molar-refractivity contribution in [1.82, 2.24) is 24.9 Å². The number of halogens is 3. The van der Waals surface area contributed by atoms with Crippen molar-refractivity contribution in [1.29, 1.82) is 0 Å². The number of ether oxygens (including phenoxy) is 1. The molecule has 0 amide bonds. The number of aryl methyl sites for hydroxylation is 2. The van der Waals surface area contributed by atoms with Crippen molar-refractivity contribution in [3.8, 4) is 0 Å². The van der Waals surface area contributed by atoms with E-state index in [2.05, 4.69) is 72.8 Å². The number of pyridine rings is 3. The van der Waals surface area contributed by atoms with Gasteiger partial charge in [-0.2, -0.15) is 5.10 Å². The number of nitrogens with one attached hydrogen (secondary N) is 2. The van der Waals surface area contributed by atoms with E-state index in [-0.39, 0.29) is 42.8 Å². The summed E-state index contributed by atoms with van der Waals surface area (Å²) in [4.78, 5) is 44.5. The zero-order chi connectivity index (χ0) is 33.0. The molecule has 5 rings (SSSR count). The standard InChI is InChI=1S/C9H11BrN4O2.C8H7BrN2.C6H5BrN2O3.C4H8O.5CH4/c1-6-9(14(15)16)7(4-12-13(2)3)8(10)5-11-6;1-5-8-6(2-3-10-8)7(9)4-11-5;1-3-4(7)2-8-6(10)5(3)9(11)12;1-2-4-5-3-1;;;;;/h4-5H,1-3H3;2-4,10H,1H3;2H,1H3,(H,8,10);1-4H2;5*1H4/b12-4+;;;;;;;;. The summed E-state index contributed by atoms with van der Waals surface area (Å²) in [5.74, 6) is 0. The number of aromatic nitrogens is 4. The summed E-state index contributed by atoms with van der Waals surface area (Å²) in [6, 6.07) is 2.04. The summed E-state index contributed by atoms with van der Waals surface area (Å²) in [6.45, 7) is 7.10. The molecule has 276 valence electrons. The molecule has 1 aliphatic rings. The third-order valence-electron chi connectivity index (χ3n) is 5.83. The number of nitrogens with zero attached hydrogens (tertiary/aromatic N) is 6. The van der Waals surface area contributed by atoms with Crippen molar-refractivity contribution in [3.63, 3.8) is 0 Å². The van der Waals surface area contributed by atoms with E-state index in [0.29, 0.717) is 25.8 Å². The maximum Gasteiger partial charge on any atom is 0.337 e. The lowest BCUT2D eigenvalue weighted by atomic mass is 10.2. The Labute approximate surface area is 314 Å². The van der Waals surface area contributed by atoms with E-state index >= 15 is 0 Å². The van der Waals surface area contributed by atoms with Crippen LogP contribution in [0.1, 0.15) is 72.5 Å². The first-order chi connectivity index (χ1) is 20.8. The summed E-state index contributed by atoms with van der Waals surface area (Å²) in [7, 11) is 3.48. The molecule has 5 heterocycles. The van der Waals surface area contributed by atoms with E-state index in [0.717, 1.165) is 28.9 Å². The van der Waals surface area contributed by atoms with Crippen LogP contribution >= 0.6 is 47.8 Å². The molecule has 0 radical (unpaired) electrons. The lowest BCUT2D eigenvalue weighted by Gasteiger charge is -2.05. The van der Waals surface area contributed by atoms with Crippen molar-refractivity contribution in [2.24, 2.45) is 5.10 Å². The molecule has 0 unspecified atom stereocenters. The van der Waals surface area contributed by atoms with Crippen LogP contribution in [-0.2, 0) is 4.74 Å². The molecule has 4 aromatic rings. The smallest absolute Gasteiger partial charge is 0.337 e. The molecule has 1 saturated heterocycles. The number of hydrogen-bond donors (Lipinski definition) is 2. The zero-order valence-electron chi connectivity index (χ0n) is 24.6. The van der Waals surface area contributed by atoms with Crippen LogP contribution in [0.5, 0.6) is 0 Å². The number of hydrogen-bond acceptors (Lipinski definition) is 10. The largest absolute Gasteiger partial charge is 0.381 e. The Morgan fingerprint density at radius 2 is 1.39 bits per heavy atom. The molecule has 0 aromatic carbocycles. The number of rotatable bonds is 4. The minimum atomic E-state index is -0.696. The average Bonchev–Trinajstić information content (AvgIpc) is 3.70. The lowest BCUT2D eigenvalue weighted by molar-refractivity contribution is -0.387. The Bertz CT molecular complexity index is 1650. The first-order valence-corrected chi connectivity index (χ1v) is 15.3. The number of nitro groups is 2. The van der Waals surface area contributed by atoms with Gasteiger partial charge in [0.2, 0.25) is 0 Å². The fraction of sp³-hybridized carbons (Fsp3) is 0.438. The number of H-pyrrole nitrogens is 2. The van der Waals surface area contributed by atoms with E-state index in [1.165, 1.54) is 43.8 Å². The van der Waals surface area contributed by atoms with Crippen molar-refractivity contribution in [2.75, 3.05) is 27.3 Å². The molecule has 0 atom stereocenters. The summed E-state index contributed by atoms with van der Waals surface area (Å²) in [5, 5.41) is 28.0. The van der Waals surface area contributed by atoms with Crippen LogP contribution < -0.4 is 5.56 Å². The van der Waals surface area contributed by atoms with Gasteiger partial charge in [0, 0.05) is 72.0 Å². The van der Waals surface area contributed by atoms with Crippen LogP contribution in [0.2, 0.25) is 0 Å². The maximum atomic E-state index is 10.9. The Hall–Kier alpha value is -3.54. The van der Waals surface area contributed by atoms with Crippen LogP contribution in [0, 0.1) is 41.0 Å². The predicted octanol–water partition coefficient (Wildman–Crippen LogP) is 9.92. The maximum absolute atomic E-state index is 10.9. The highest BCUT2D eigenvalue weighted by Gasteiger charge is 2.20. The van der Waals surface area contributed by atoms with Crippen LogP contribution in [0.15, 0.2) is 54.2 Å². The number of fused-ring (bicyclic) bond motifs is 1. The zero-order valence-corrected chi connectivity index (χ0v) is 29.3. The lowest BCUT2D eigenvalue weighted by Crippen LogP contribution is -2.12. The quantitative estimate of drug-likeness (QED) is 0.114. The molecular formula is C32H51Br3N8O6. The molecule has 49 heavy (non-hydrogen) atoms. The van der Waals surface area contributed by atoms with Crippen LogP contribution in [-0.4, -0.2) is 68.3 Å². The second-order valence-electron chi connectivity index (χ2n) is 9.28. The summed E-state index contributed by atoms with van der Waals surface area (Å²) in [6.07, 6.45) is 10.6. The number of aromatic amines is 2. The highest BCUT2D eigenvalue weighted by molar-refractivity contribution is 9.11. The second-order valence-corrected chi connectivity index (χ2v) is 11.8. The SMILES string of the molecule is C.C.C.C.C.C1CCOC1.Cc1c(Br)c[nH]c(=O)c1[N+](=O)[O-].Cc1ncc(Br)c(/C=N/N(C)C)c1[N+](=O)[O-].Cc1ncc(Br)c2cc[nH]c12. The second kappa shape index (κ2) is 25.4. The van der Waals surface area contributed by atoms with E-state index < -0.39 is 21.1 Å². The van der Waals surface area contributed by atoms with Crippen molar-refractivity contribution < 1.29 is 14.6 Å². The van der Waals surface area contributed by atoms with Gasteiger partial charge in [-0.1, -0.05) is 37.1 Å². The topological polar surface area (TPSA) is 186 Å². The van der Waals surface area contributed by atoms with Crippen molar-refractivity contribution in [3.05, 3.63) is 97.4 Å². The Morgan fingerprint density at radius 3 is 1.84 bits per heavy atom. The Kier molecular flexibility index (Phi) is 27.1. The summed E-state index contributed by atoms with van der Waals surface area (Å²) >= 11 is 9.72. The fourth-order valence-corrected chi connectivity index (χ4v) is 4.72. The molecule has 0 aliphatic carbocycles. The molecule has 4 aromatic heterocycles. The van der Waals surface area contributed by atoms with Gasteiger partial charge in [0.05, 0.1) is 37.3 Å². The third kappa shape index (κ3) is 15.7. The van der Waals surface area contributed by atoms with Crippen molar-refractivity contribution in [2.45, 2.75) is 70.7 Å². The average molecular weight is 884 g/mol. The minimum Gasteiger partial charge on any atom is -0.381 e. The van der Waals surface area contributed by atoms with Crippen LogP contribution in [0.3, 0.4) is 0 Å². The van der Waals surface area contributed by atoms with Crippen LogP contribution in [0.4, 0.5) is 11.4 Å².